The summed E-state index contributed by atoms with van der Waals surface area (Å²) in [6.45, 7) is 4.30. The highest BCUT2D eigenvalue weighted by molar-refractivity contribution is 6.03. The summed E-state index contributed by atoms with van der Waals surface area (Å²) in [7, 11) is 0. The Morgan fingerprint density at radius 3 is 2.50 bits per heavy atom. The molecule has 0 saturated heterocycles. The summed E-state index contributed by atoms with van der Waals surface area (Å²) in [5.74, 6) is 0.652. The van der Waals surface area contributed by atoms with Crippen LogP contribution in [0.5, 0.6) is 0 Å². The van der Waals surface area contributed by atoms with Crippen molar-refractivity contribution in [2.45, 2.75) is 19.9 Å². The van der Waals surface area contributed by atoms with Gasteiger partial charge in [-0.1, -0.05) is 72.3 Å². The molecule has 5 aromatic rings. The zero-order valence-electron chi connectivity index (χ0n) is 20.3. The SMILES string of the molecule is Cc1ccc([C@@H](C)n2c(-c3cccc(/C=C\C(=O)Nc4ccccc4N)c3)nc3ccccc32)cc1. The lowest BCUT2D eigenvalue weighted by molar-refractivity contribution is -0.111. The number of fused-ring (bicyclic) bond motifs is 1. The molecular formula is C31H28N4O. The van der Waals surface area contributed by atoms with Crippen LogP contribution in [0.25, 0.3) is 28.5 Å². The minimum absolute atomic E-state index is 0.0920. The maximum Gasteiger partial charge on any atom is 0.248 e. The standard InChI is InChI=1S/C31H28N4O/c1-21-14-17-24(18-15-21)22(2)35-29-13-6-5-12-28(29)34-31(35)25-9-7-8-23(20-25)16-19-30(36)33-27-11-4-3-10-26(27)32/h3-20,22H,32H2,1-2H3,(H,33,36)/b19-16-/t22-/m1/s1. The van der Waals surface area contributed by atoms with Crippen LogP contribution in [0.15, 0.2) is 103 Å². The molecule has 1 amide bonds. The fraction of sp³-hybridized carbons (Fsp3) is 0.0968. The molecule has 36 heavy (non-hydrogen) atoms. The molecule has 3 N–H and O–H groups in total. The Balaban J connectivity index is 1.48. The summed E-state index contributed by atoms with van der Waals surface area (Å²) in [5.41, 5.74) is 13.4. The molecule has 0 saturated carbocycles. The minimum atomic E-state index is -0.237. The number of imidazole rings is 1. The third kappa shape index (κ3) is 4.77. The van der Waals surface area contributed by atoms with Crippen molar-refractivity contribution in [2.24, 2.45) is 0 Å². The monoisotopic (exact) mass is 472 g/mol. The van der Waals surface area contributed by atoms with Crippen molar-refractivity contribution < 1.29 is 4.79 Å². The Bertz CT molecular complexity index is 1560. The molecule has 0 bridgehead atoms. The van der Waals surface area contributed by atoms with Crippen molar-refractivity contribution in [3.8, 4) is 11.4 Å². The minimum Gasteiger partial charge on any atom is -0.397 e. The van der Waals surface area contributed by atoms with Gasteiger partial charge in [0.25, 0.3) is 0 Å². The van der Waals surface area contributed by atoms with Crippen LogP contribution in [0.2, 0.25) is 0 Å². The van der Waals surface area contributed by atoms with Gasteiger partial charge >= 0.3 is 0 Å². The average Bonchev–Trinajstić information content (AvgIpc) is 3.29. The van der Waals surface area contributed by atoms with E-state index in [0.29, 0.717) is 11.4 Å². The van der Waals surface area contributed by atoms with E-state index < -0.39 is 0 Å². The van der Waals surface area contributed by atoms with E-state index in [1.807, 2.05) is 42.5 Å². The topological polar surface area (TPSA) is 72.9 Å². The number of aromatic nitrogens is 2. The van der Waals surface area contributed by atoms with Gasteiger partial charge in [-0.2, -0.15) is 0 Å². The highest BCUT2D eigenvalue weighted by Gasteiger charge is 2.18. The second-order valence-corrected chi connectivity index (χ2v) is 8.92. The first kappa shape index (κ1) is 23.1. The Labute approximate surface area is 210 Å². The maximum atomic E-state index is 12.5. The fourth-order valence-corrected chi connectivity index (χ4v) is 4.37. The van der Waals surface area contributed by atoms with Crippen LogP contribution in [-0.2, 0) is 4.79 Å². The number of rotatable bonds is 6. The van der Waals surface area contributed by atoms with Gasteiger partial charge in [-0.05, 0) is 61.4 Å². The van der Waals surface area contributed by atoms with Gasteiger partial charge in [0, 0.05) is 11.6 Å². The van der Waals surface area contributed by atoms with Gasteiger partial charge in [-0.25, -0.2) is 4.98 Å². The fourth-order valence-electron chi connectivity index (χ4n) is 4.37. The molecule has 0 unspecified atom stereocenters. The van der Waals surface area contributed by atoms with Crippen molar-refractivity contribution in [2.75, 3.05) is 11.1 Å². The first-order valence-corrected chi connectivity index (χ1v) is 12.0. The second kappa shape index (κ2) is 9.92. The summed E-state index contributed by atoms with van der Waals surface area (Å²) in [6.07, 6.45) is 3.32. The van der Waals surface area contributed by atoms with Gasteiger partial charge in [-0.3, -0.25) is 4.79 Å². The molecule has 5 heteroatoms. The summed E-state index contributed by atoms with van der Waals surface area (Å²) in [5, 5.41) is 2.82. The van der Waals surface area contributed by atoms with Crippen LogP contribution in [-0.4, -0.2) is 15.5 Å². The largest absolute Gasteiger partial charge is 0.397 e. The number of nitrogens with zero attached hydrogens (tertiary/aromatic N) is 2. The Hall–Kier alpha value is -4.64. The van der Waals surface area contributed by atoms with E-state index in [1.54, 1.807) is 18.2 Å². The number of benzene rings is 4. The van der Waals surface area contributed by atoms with Gasteiger partial charge < -0.3 is 15.6 Å². The van der Waals surface area contributed by atoms with E-state index in [1.165, 1.54) is 17.2 Å². The molecule has 178 valence electrons. The number of hydrogen-bond donors (Lipinski definition) is 2. The van der Waals surface area contributed by atoms with E-state index in [2.05, 4.69) is 66.2 Å². The quantitative estimate of drug-likeness (QED) is 0.210. The molecule has 1 atom stereocenters. The van der Waals surface area contributed by atoms with Crippen LogP contribution in [0.4, 0.5) is 11.4 Å². The first-order valence-electron chi connectivity index (χ1n) is 12.0. The number of carbonyl (C=O) groups excluding carboxylic acids is 1. The lowest BCUT2D eigenvalue weighted by Crippen LogP contribution is -2.09. The molecule has 0 aliphatic carbocycles. The maximum absolute atomic E-state index is 12.5. The highest BCUT2D eigenvalue weighted by atomic mass is 16.1. The van der Waals surface area contributed by atoms with Crippen LogP contribution < -0.4 is 11.1 Å². The molecule has 0 aliphatic heterocycles. The molecule has 0 radical (unpaired) electrons. The number of hydrogen-bond acceptors (Lipinski definition) is 3. The number of amides is 1. The molecular weight excluding hydrogens is 444 g/mol. The van der Waals surface area contributed by atoms with Crippen LogP contribution in [0, 0.1) is 6.92 Å². The lowest BCUT2D eigenvalue weighted by atomic mass is 10.0. The number of para-hydroxylation sites is 4. The molecule has 4 aromatic carbocycles. The molecule has 1 heterocycles. The summed E-state index contributed by atoms with van der Waals surface area (Å²) in [6, 6.07) is 32.2. The lowest BCUT2D eigenvalue weighted by Gasteiger charge is -2.19. The summed E-state index contributed by atoms with van der Waals surface area (Å²) >= 11 is 0. The third-order valence-electron chi connectivity index (χ3n) is 6.33. The molecule has 0 spiro atoms. The Morgan fingerprint density at radius 2 is 1.69 bits per heavy atom. The van der Waals surface area contributed by atoms with Gasteiger partial charge in [0.15, 0.2) is 0 Å². The van der Waals surface area contributed by atoms with Crippen LogP contribution >= 0.6 is 0 Å². The molecule has 1 aromatic heterocycles. The average molecular weight is 473 g/mol. The van der Waals surface area contributed by atoms with Crippen molar-refractivity contribution in [1.82, 2.24) is 9.55 Å². The predicted octanol–water partition coefficient (Wildman–Crippen LogP) is 6.86. The molecule has 0 fully saturated rings. The van der Waals surface area contributed by atoms with E-state index in [0.717, 1.165) is 28.0 Å². The highest BCUT2D eigenvalue weighted by Crippen LogP contribution is 2.32. The van der Waals surface area contributed by atoms with Crippen molar-refractivity contribution >= 4 is 34.4 Å². The van der Waals surface area contributed by atoms with Crippen LogP contribution in [0.1, 0.15) is 29.7 Å². The Kier molecular flexibility index (Phi) is 6.37. The van der Waals surface area contributed by atoms with Crippen molar-refractivity contribution in [1.29, 1.82) is 0 Å². The molecule has 5 nitrogen and oxygen atoms in total. The van der Waals surface area contributed by atoms with E-state index in [9.17, 15) is 4.79 Å². The number of aryl methyl sites for hydroxylation is 1. The van der Waals surface area contributed by atoms with Gasteiger partial charge in [0.05, 0.1) is 28.5 Å². The van der Waals surface area contributed by atoms with Crippen molar-refractivity contribution in [3.63, 3.8) is 0 Å². The zero-order chi connectivity index (χ0) is 25.1. The van der Waals surface area contributed by atoms with E-state index >= 15 is 0 Å². The van der Waals surface area contributed by atoms with E-state index in [-0.39, 0.29) is 11.9 Å². The number of nitrogens with two attached hydrogens (primary N) is 1. The number of nitrogen functional groups attached to an aromatic ring is 1. The molecule has 0 aliphatic rings. The molecule has 5 rings (SSSR count). The summed E-state index contributed by atoms with van der Waals surface area (Å²) in [4.78, 5) is 17.5. The van der Waals surface area contributed by atoms with Gasteiger partial charge in [0.1, 0.15) is 5.82 Å². The predicted molar refractivity (Wildman–Crippen MR) is 149 cm³/mol. The third-order valence-corrected chi connectivity index (χ3v) is 6.33. The number of nitrogens with one attached hydrogen (secondary N) is 1. The smallest absolute Gasteiger partial charge is 0.248 e. The van der Waals surface area contributed by atoms with Gasteiger partial charge in [0.2, 0.25) is 5.91 Å². The number of anilines is 2. The van der Waals surface area contributed by atoms with Crippen LogP contribution in [0.3, 0.4) is 0 Å². The van der Waals surface area contributed by atoms with Gasteiger partial charge in [-0.15, -0.1) is 0 Å². The Morgan fingerprint density at radius 1 is 0.944 bits per heavy atom. The number of carbonyl (C=O) groups is 1. The normalized spacial score (nSPS) is 12.2. The van der Waals surface area contributed by atoms with E-state index in [4.69, 9.17) is 10.7 Å². The zero-order valence-corrected chi connectivity index (χ0v) is 20.3. The second-order valence-electron chi connectivity index (χ2n) is 8.92. The summed E-state index contributed by atoms with van der Waals surface area (Å²) < 4.78 is 2.29. The van der Waals surface area contributed by atoms with Crippen molar-refractivity contribution in [3.05, 3.63) is 120 Å². The first-order chi connectivity index (χ1) is 17.5.